The highest BCUT2D eigenvalue weighted by Crippen LogP contribution is 2.27. The molecule has 0 fully saturated rings. The van der Waals surface area contributed by atoms with Gasteiger partial charge >= 0.3 is 0 Å². The molecule has 0 aliphatic carbocycles. The molecule has 2 unspecified atom stereocenters. The van der Waals surface area contributed by atoms with E-state index in [0.29, 0.717) is 30.3 Å². The first kappa shape index (κ1) is 17.4. The van der Waals surface area contributed by atoms with Crippen molar-refractivity contribution in [3.05, 3.63) is 34.6 Å². The molecule has 2 N–H and O–H groups in total. The summed E-state index contributed by atoms with van der Waals surface area (Å²) in [6, 6.07) is 4.70. The van der Waals surface area contributed by atoms with Crippen molar-refractivity contribution in [2.24, 2.45) is 5.73 Å². The lowest BCUT2D eigenvalue weighted by molar-refractivity contribution is 0.0888. The van der Waals surface area contributed by atoms with E-state index in [2.05, 4.69) is 18.7 Å². The maximum Gasteiger partial charge on any atom is 0.128 e. The van der Waals surface area contributed by atoms with Gasteiger partial charge in [0.2, 0.25) is 0 Å². The fourth-order valence-electron chi connectivity index (χ4n) is 2.33. The van der Waals surface area contributed by atoms with Gasteiger partial charge < -0.3 is 10.5 Å². The number of hydrogen-bond acceptors (Lipinski definition) is 3. The summed E-state index contributed by atoms with van der Waals surface area (Å²) in [6.07, 6.45) is 0.961. The van der Waals surface area contributed by atoms with Crippen LogP contribution in [-0.2, 0) is 4.74 Å². The van der Waals surface area contributed by atoms with Crippen molar-refractivity contribution < 1.29 is 9.13 Å². The molecule has 0 aromatic heterocycles. The highest BCUT2D eigenvalue weighted by atomic mass is 35.5. The zero-order chi connectivity index (χ0) is 15.1. The highest BCUT2D eigenvalue weighted by molar-refractivity contribution is 6.30. The lowest BCUT2D eigenvalue weighted by Crippen LogP contribution is -2.42. The van der Waals surface area contributed by atoms with E-state index in [-0.39, 0.29) is 17.9 Å². The Morgan fingerprint density at radius 2 is 2.15 bits per heavy atom. The van der Waals surface area contributed by atoms with Crippen LogP contribution in [0.4, 0.5) is 4.39 Å². The van der Waals surface area contributed by atoms with Gasteiger partial charge in [0.1, 0.15) is 5.82 Å². The van der Waals surface area contributed by atoms with E-state index >= 15 is 0 Å². The van der Waals surface area contributed by atoms with E-state index in [1.165, 1.54) is 6.07 Å². The van der Waals surface area contributed by atoms with Gasteiger partial charge in [-0.3, -0.25) is 4.90 Å². The Hall–Kier alpha value is -0.680. The van der Waals surface area contributed by atoms with Crippen molar-refractivity contribution in [3.8, 4) is 0 Å². The molecular formula is C15H24ClFN2O. The zero-order valence-corrected chi connectivity index (χ0v) is 13.2. The van der Waals surface area contributed by atoms with E-state index in [0.717, 1.165) is 6.42 Å². The van der Waals surface area contributed by atoms with Crippen LogP contribution in [0.1, 0.15) is 31.9 Å². The Labute approximate surface area is 125 Å². The molecule has 1 aromatic rings. The third-order valence-electron chi connectivity index (χ3n) is 3.65. The Kier molecular flexibility index (Phi) is 7.45. The number of methoxy groups -OCH3 is 1. The van der Waals surface area contributed by atoms with Crippen molar-refractivity contribution in [2.45, 2.75) is 32.4 Å². The fraction of sp³-hybridized carbons (Fsp3) is 0.600. The van der Waals surface area contributed by atoms with Gasteiger partial charge in [-0.1, -0.05) is 18.5 Å². The van der Waals surface area contributed by atoms with Gasteiger partial charge in [0, 0.05) is 36.8 Å². The lowest BCUT2D eigenvalue weighted by atomic mass is 10.0. The third-order valence-corrected chi connectivity index (χ3v) is 3.89. The first-order chi connectivity index (χ1) is 9.54. The van der Waals surface area contributed by atoms with E-state index in [1.807, 2.05) is 0 Å². The van der Waals surface area contributed by atoms with Gasteiger partial charge in [-0.15, -0.1) is 0 Å². The van der Waals surface area contributed by atoms with Crippen molar-refractivity contribution >= 4 is 11.6 Å². The quantitative estimate of drug-likeness (QED) is 0.801. The summed E-state index contributed by atoms with van der Waals surface area (Å²) in [5.41, 5.74) is 6.45. The summed E-state index contributed by atoms with van der Waals surface area (Å²) < 4.78 is 19.2. The summed E-state index contributed by atoms with van der Waals surface area (Å²) in [4.78, 5) is 2.18. The molecule has 0 aliphatic heterocycles. The van der Waals surface area contributed by atoms with Gasteiger partial charge in [-0.25, -0.2) is 4.39 Å². The highest BCUT2D eigenvalue weighted by Gasteiger charge is 2.25. The second-order valence-electron chi connectivity index (χ2n) is 4.91. The van der Waals surface area contributed by atoms with Crippen LogP contribution in [0.3, 0.4) is 0 Å². The van der Waals surface area contributed by atoms with Crippen LogP contribution in [0, 0.1) is 5.82 Å². The van der Waals surface area contributed by atoms with Crippen molar-refractivity contribution in [3.63, 3.8) is 0 Å². The second-order valence-corrected chi connectivity index (χ2v) is 5.34. The fourth-order valence-corrected chi connectivity index (χ4v) is 2.51. The number of benzene rings is 1. The van der Waals surface area contributed by atoms with Crippen LogP contribution >= 0.6 is 11.6 Å². The van der Waals surface area contributed by atoms with Crippen molar-refractivity contribution in [1.29, 1.82) is 0 Å². The molecule has 20 heavy (non-hydrogen) atoms. The molecular weight excluding hydrogens is 279 g/mol. The van der Waals surface area contributed by atoms with Crippen LogP contribution in [-0.4, -0.2) is 37.7 Å². The predicted molar refractivity (Wildman–Crippen MR) is 81.5 cm³/mol. The van der Waals surface area contributed by atoms with Crippen molar-refractivity contribution in [2.75, 3.05) is 26.8 Å². The van der Waals surface area contributed by atoms with Gasteiger partial charge in [0.15, 0.2) is 0 Å². The third kappa shape index (κ3) is 4.42. The molecule has 2 atom stereocenters. The minimum atomic E-state index is -0.268. The van der Waals surface area contributed by atoms with Crippen molar-refractivity contribution in [1.82, 2.24) is 4.90 Å². The molecule has 0 aliphatic rings. The van der Waals surface area contributed by atoms with E-state index in [9.17, 15) is 4.39 Å². The summed E-state index contributed by atoms with van der Waals surface area (Å²) in [5, 5.41) is 0.524. The first-order valence-corrected chi connectivity index (χ1v) is 7.32. The van der Waals surface area contributed by atoms with Gasteiger partial charge in [-0.05, 0) is 31.5 Å². The SMILES string of the molecule is CCC(C)N(CCOC)C(CN)c1cc(Cl)ccc1F. The molecule has 0 saturated heterocycles. The number of ether oxygens (including phenoxy) is 1. The number of rotatable bonds is 8. The molecule has 0 saturated carbocycles. The standard InChI is InChI=1S/C15H24ClFN2O/c1-4-11(2)19(7-8-20-3)15(10-18)13-9-12(16)5-6-14(13)17/h5-6,9,11,15H,4,7-8,10,18H2,1-3H3. The zero-order valence-electron chi connectivity index (χ0n) is 12.4. The minimum absolute atomic E-state index is 0.196. The lowest BCUT2D eigenvalue weighted by Gasteiger charge is -2.36. The van der Waals surface area contributed by atoms with Crippen LogP contribution < -0.4 is 5.73 Å². The Morgan fingerprint density at radius 3 is 2.70 bits per heavy atom. The first-order valence-electron chi connectivity index (χ1n) is 6.94. The molecule has 0 radical (unpaired) electrons. The normalized spacial score (nSPS) is 14.6. The Balaban J connectivity index is 3.07. The maximum absolute atomic E-state index is 14.1. The molecule has 1 rings (SSSR count). The molecule has 0 bridgehead atoms. The number of hydrogen-bond donors (Lipinski definition) is 1. The summed E-state index contributed by atoms with van der Waals surface area (Å²) in [7, 11) is 1.66. The molecule has 5 heteroatoms. The molecule has 114 valence electrons. The van der Waals surface area contributed by atoms with Gasteiger partial charge in [0.25, 0.3) is 0 Å². The number of nitrogens with two attached hydrogens (primary N) is 1. The number of halogens is 2. The van der Waals surface area contributed by atoms with Crippen LogP contribution in [0.5, 0.6) is 0 Å². The molecule has 0 spiro atoms. The van der Waals surface area contributed by atoms with Crippen LogP contribution in [0.15, 0.2) is 18.2 Å². The van der Waals surface area contributed by atoms with E-state index in [4.69, 9.17) is 22.1 Å². The Bertz CT molecular complexity index is 417. The monoisotopic (exact) mass is 302 g/mol. The molecule has 0 amide bonds. The topological polar surface area (TPSA) is 38.5 Å². The summed E-state index contributed by atoms with van der Waals surface area (Å²) in [5.74, 6) is -0.268. The summed E-state index contributed by atoms with van der Waals surface area (Å²) in [6.45, 7) is 5.85. The molecule has 3 nitrogen and oxygen atoms in total. The maximum atomic E-state index is 14.1. The van der Waals surface area contributed by atoms with Crippen LogP contribution in [0.2, 0.25) is 5.02 Å². The van der Waals surface area contributed by atoms with E-state index < -0.39 is 0 Å². The molecule has 0 heterocycles. The van der Waals surface area contributed by atoms with Gasteiger partial charge in [0.05, 0.1) is 12.6 Å². The smallest absolute Gasteiger partial charge is 0.128 e. The second kappa shape index (κ2) is 8.57. The Morgan fingerprint density at radius 1 is 1.45 bits per heavy atom. The average Bonchev–Trinajstić information content (AvgIpc) is 2.45. The van der Waals surface area contributed by atoms with E-state index in [1.54, 1.807) is 19.2 Å². The minimum Gasteiger partial charge on any atom is -0.383 e. The molecule has 1 aromatic carbocycles. The number of nitrogens with zero attached hydrogens (tertiary/aromatic N) is 1. The van der Waals surface area contributed by atoms with Gasteiger partial charge in [-0.2, -0.15) is 0 Å². The van der Waals surface area contributed by atoms with Crippen LogP contribution in [0.25, 0.3) is 0 Å². The average molecular weight is 303 g/mol. The largest absolute Gasteiger partial charge is 0.383 e. The summed E-state index contributed by atoms with van der Waals surface area (Å²) >= 11 is 5.99. The predicted octanol–water partition coefficient (Wildman–Crippen LogP) is 3.23.